The lowest BCUT2D eigenvalue weighted by Gasteiger charge is -2.19. The van der Waals surface area contributed by atoms with Gasteiger partial charge in [0.2, 0.25) is 0 Å². The fourth-order valence-corrected chi connectivity index (χ4v) is 0.639. The molecule has 13 heavy (non-hydrogen) atoms. The average molecular weight is 189 g/mol. The molecule has 0 aliphatic carbocycles. The van der Waals surface area contributed by atoms with Crippen LogP contribution in [0.4, 0.5) is 4.79 Å². The zero-order valence-corrected chi connectivity index (χ0v) is 8.52. The number of ether oxygens (including phenoxy) is 1. The molecule has 0 rings (SSSR count). The van der Waals surface area contributed by atoms with Gasteiger partial charge in [-0.15, -0.1) is 0 Å². The molecule has 0 unspecified atom stereocenters. The van der Waals surface area contributed by atoms with E-state index < -0.39 is 11.7 Å². The molecule has 0 atom stereocenters. The van der Waals surface area contributed by atoms with Gasteiger partial charge in [0.25, 0.3) is 0 Å². The van der Waals surface area contributed by atoms with Crippen molar-refractivity contribution >= 4 is 6.09 Å². The summed E-state index contributed by atoms with van der Waals surface area (Å²) in [5.74, 6) is 0. The predicted molar refractivity (Wildman–Crippen MR) is 51.3 cm³/mol. The number of amides is 1. The SMILES string of the molecule is CC(C)(C)OC(=O)NCNCCN. The quantitative estimate of drug-likeness (QED) is 0.430. The number of carbonyl (C=O) groups is 1. The number of nitrogens with one attached hydrogen (secondary N) is 2. The van der Waals surface area contributed by atoms with Crippen molar-refractivity contribution < 1.29 is 9.53 Å². The first-order chi connectivity index (χ1) is 5.95. The lowest BCUT2D eigenvalue weighted by molar-refractivity contribution is 0.0524. The van der Waals surface area contributed by atoms with Crippen molar-refractivity contribution in [2.45, 2.75) is 26.4 Å². The number of hydrogen-bond donors (Lipinski definition) is 3. The van der Waals surface area contributed by atoms with Crippen LogP contribution in [0.1, 0.15) is 20.8 Å². The number of hydrogen-bond acceptors (Lipinski definition) is 4. The van der Waals surface area contributed by atoms with Crippen LogP contribution in [0.2, 0.25) is 0 Å². The summed E-state index contributed by atoms with van der Waals surface area (Å²) in [5, 5.41) is 5.46. The molecule has 5 heteroatoms. The Morgan fingerprint density at radius 1 is 1.46 bits per heavy atom. The lowest BCUT2D eigenvalue weighted by Crippen LogP contribution is -2.39. The van der Waals surface area contributed by atoms with Gasteiger partial charge in [-0.25, -0.2) is 4.79 Å². The molecule has 0 aliphatic heterocycles. The van der Waals surface area contributed by atoms with Gasteiger partial charge < -0.3 is 15.8 Å². The van der Waals surface area contributed by atoms with Crippen molar-refractivity contribution in [1.29, 1.82) is 0 Å². The second-order valence-corrected chi connectivity index (χ2v) is 3.64. The van der Waals surface area contributed by atoms with Gasteiger partial charge in [0, 0.05) is 13.1 Å². The van der Waals surface area contributed by atoms with E-state index in [1.165, 1.54) is 0 Å². The van der Waals surface area contributed by atoms with Gasteiger partial charge in [0.05, 0.1) is 6.67 Å². The van der Waals surface area contributed by atoms with Crippen molar-refractivity contribution in [3.05, 3.63) is 0 Å². The number of alkyl carbamates (subject to hydrolysis) is 1. The minimum atomic E-state index is -0.446. The van der Waals surface area contributed by atoms with E-state index in [4.69, 9.17) is 10.5 Å². The molecule has 4 N–H and O–H groups in total. The highest BCUT2D eigenvalue weighted by atomic mass is 16.6. The summed E-state index contributed by atoms with van der Waals surface area (Å²) in [7, 11) is 0. The Hall–Kier alpha value is -0.810. The zero-order chi connectivity index (χ0) is 10.3. The molecule has 0 bridgehead atoms. The van der Waals surface area contributed by atoms with E-state index in [9.17, 15) is 4.79 Å². The summed E-state index contributed by atoms with van der Waals surface area (Å²) in [6.45, 7) is 7.07. The van der Waals surface area contributed by atoms with E-state index in [0.717, 1.165) is 0 Å². The third-order valence-electron chi connectivity index (χ3n) is 1.08. The highest BCUT2D eigenvalue weighted by Crippen LogP contribution is 2.05. The lowest BCUT2D eigenvalue weighted by atomic mass is 10.2. The molecule has 78 valence electrons. The minimum absolute atomic E-state index is 0.381. The summed E-state index contributed by atoms with van der Waals surface area (Å²) in [6.07, 6.45) is -0.419. The van der Waals surface area contributed by atoms with Gasteiger partial charge in [0.15, 0.2) is 0 Å². The highest BCUT2D eigenvalue weighted by molar-refractivity contribution is 5.67. The smallest absolute Gasteiger partial charge is 0.408 e. The van der Waals surface area contributed by atoms with Crippen molar-refractivity contribution in [2.75, 3.05) is 19.8 Å². The van der Waals surface area contributed by atoms with Crippen molar-refractivity contribution in [2.24, 2.45) is 5.73 Å². The molecule has 0 aromatic carbocycles. The largest absolute Gasteiger partial charge is 0.444 e. The Balaban J connectivity index is 3.41. The van der Waals surface area contributed by atoms with E-state index in [-0.39, 0.29) is 0 Å². The number of rotatable bonds is 4. The molecule has 0 spiro atoms. The maximum atomic E-state index is 11.0. The Labute approximate surface area is 79.0 Å². The first kappa shape index (κ1) is 12.2. The van der Waals surface area contributed by atoms with Crippen molar-refractivity contribution in [3.63, 3.8) is 0 Å². The Morgan fingerprint density at radius 3 is 2.54 bits per heavy atom. The van der Waals surface area contributed by atoms with E-state index in [0.29, 0.717) is 19.8 Å². The predicted octanol–water partition coefficient (Wildman–Crippen LogP) is 0.0169. The molecule has 0 heterocycles. The summed E-state index contributed by atoms with van der Waals surface area (Å²) in [6, 6.07) is 0. The van der Waals surface area contributed by atoms with Crippen LogP contribution >= 0.6 is 0 Å². The molecule has 0 saturated heterocycles. The summed E-state index contributed by atoms with van der Waals surface area (Å²) < 4.78 is 5.00. The fraction of sp³-hybridized carbons (Fsp3) is 0.875. The topological polar surface area (TPSA) is 76.4 Å². The second-order valence-electron chi connectivity index (χ2n) is 3.64. The van der Waals surface area contributed by atoms with Crippen LogP contribution in [-0.2, 0) is 4.74 Å². The van der Waals surface area contributed by atoms with Crippen LogP contribution in [0.5, 0.6) is 0 Å². The van der Waals surface area contributed by atoms with Crippen LogP contribution in [-0.4, -0.2) is 31.5 Å². The van der Waals surface area contributed by atoms with E-state index >= 15 is 0 Å². The maximum absolute atomic E-state index is 11.0. The number of nitrogens with two attached hydrogens (primary N) is 1. The molecular weight excluding hydrogens is 170 g/mol. The van der Waals surface area contributed by atoms with Crippen LogP contribution < -0.4 is 16.4 Å². The Kier molecular flexibility index (Phi) is 5.41. The summed E-state index contributed by atoms with van der Waals surface area (Å²) >= 11 is 0. The van der Waals surface area contributed by atoms with E-state index in [2.05, 4.69) is 10.6 Å². The Bertz CT molecular complexity index is 154. The normalized spacial score (nSPS) is 11.1. The highest BCUT2D eigenvalue weighted by Gasteiger charge is 2.15. The molecule has 0 saturated carbocycles. The van der Waals surface area contributed by atoms with Crippen molar-refractivity contribution in [3.8, 4) is 0 Å². The third kappa shape index (κ3) is 9.10. The maximum Gasteiger partial charge on any atom is 0.408 e. The molecule has 0 aromatic heterocycles. The van der Waals surface area contributed by atoms with Gasteiger partial charge in [-0.1, -0.05) is 0 Å². The molecule has 5 nitrogen and oxygen atoms in total. The van der Waals surface area contributed by atoms with Gasteiger partial charge in [0.1, 0.15) is 5.60 Å². The molecule has 0 radical (unpaired) electrons. The van der Waals surface area contributed by atoms with E-state index in [1.807, 2.05) is 20.8 Å². The zero-order valence-electron chi connectivity index (χ0n) is 8.52. The summed E-state index contributed by atoms with van der Waals surface area (Å²) in [5.41, 5.74) is 4.79. The number of carbonyl (C=O) groups excluding carboxylic acids is 1. The standard InChI is InChI=1S/C8H19N3O2/c1-8(2,3)13-7(12)11-6-10-5-4-9/h10H,4-6,9H2,1-3H3,(H,11,12). The van der Waals surface area contributed by atoms with E-state index in [1.54, 1.807) is 0 Å². The Morgan fingerprint density at radius 2 is 2.08 bits per heavy atom. The van der Waals surface area contributed by atoms with Gasteiger partial charge in [-0.2, -0.15) is 0 Å². The van der Waals surface area contributed by atoms with Crippen molar-refractivity contribution in [1.82, 2.24) is 10.6 Å². The van der Waals surface area contributed by atoms with Crippen LogP contribution in [0.3, 0.4) is 0 Å². The minimum Gasteiger partial charge on any atom is -0.444 e. The van der Waals surface area contributed by atoms with Gasteiger partial charge in [-0.3, -0.25) is 5.32 Å². The fourth-order valence-electron chi connectivity index (χ4n) is 0.639. The monoisotopic (exact) mass is 189 g/mol. The molecule has 0 fully saturated rings. The summed E-state index contributed by atoms with van der Waals surface area (Å²) in [4.78, 5) is 11.0. The third-order valence-corrected chi connectivity index (χ3v) is 1.08. The molecule has 1 amide bonds. The molecular formula is C8H19N3O2. The molecule has 0 aliphatic rings. The first-order valence-corrected chi connectivity index (χ1v) is 4.33. The second kappa shape index (κ2) is 5.77. The molecule has 0 aromatic rings. The van der Waals surface area contributed by atoms with Gasteiger partial charge in [-0.05, 0) is 20.8 Å². The van der Waals surface area contributed by atoms with Gasteiger partial charge >= 0.3 is 6.09 Å². The van der Waals surface area contributed by atoms with Crippen LogP contribution in [0.15, 0.2) is 0 Å². The van der Waals surface area contributed by atoms with Crippen LogP contribution in [0.25, 0.3) is 0 Å². The average Bonchev–Trinajstić information content (AvgIpc) is 1.94. The van der Waals surface area contributed by atoms with Crippen LogP contribution in [0, 0.1) is 0 Å². The first-order valence-electron chi connectivity index (χ1n) is 4.33.